The number of benzene rings is 1. The number of hydrogen-bond acceptors (Lipinski definition) is 3. The maximum atomic E-state index is 8.69. The average Bonchev–Trinajstić information content (AvgIpc) is 2.29. The van der Waals surface area contributed by atoms with Gasteiger partial charge in [0.1, 0.15) is 6.10 Å². The van der Waals surface area contributed by atoms with Crippen LogP contribution in [0.1, 0.15) is 17.5 Å². The standard InChI is InChI=1S/C14H16O3/c15-8-4-3-6-12-5-1-2-7-13(12)9-17-14-10-16-11-14/h1-2,5,7,14-15H,4,8-11H2. The van der Waals surface area contributed by atoms with Gasteiger partial charge in [-0.25, -0.2) is 0 Å². The highest BCUT2D eigenvalue weighted by molar-refractivity contribution is 5.40. The molecule has 1 aromatic carbocycles. The van der Waals surface area contributed by atoms with E-state index in [1.54, 1.807) is 0 Å². The number of hydrogen-bond donors (Lipinski definition) is 1. The first-order chi connectivity index (χ1) is 8.40. The molecule has 0 saturated carbocycles. The fraction of sp³-hybridized carbons (Fsp3) is 0.429. The second-order valence-corrected chi connectivity index (χ2v) is 3.90. The summed E-state index contributed by atoms with van der Waals surface area (Å²) in [5.41, 5.74) is 2.06. The lowest BCUT2D eigenvalue weighted by atomic mass is 10.1. The zero-order valence-corrected chi connectivity index (χ0v) is 9.69. The molecular formula is C14H16O3. The fourth-order valence-corrected chi connectivity index (χ4v) is 1.50. The van der Waals surface area contributed by atoms with Crippen molar-refractivity contribution in [1.82, 2.24) is 0 Å². The Labute approximate surface area is 101 Å². The molecule has 1 aromatic rings. The fourth-order valence-electron chi connectivity index (χ4n) is 1.50. The van der Waals surface area contributed by atoms with E-state index < -0.39 is 0 Å². The smallest absolute Gasteiger partial charge is 0.105 e. The van der Waals surface area contributed by atoms with Gasteiger partial charge in [0, 0.05) is 12.0 Å². The quantitative estimate of drug-likeness (QED) is 0.796. The molecule has 0 aromatic heterocycles. The highest BCUT2D eigenvalue weighted by atomic mass is 16.6. The Balaban J connectivity index is 1.97. The predicted molar refractivity (Wildman–Crippen MR) is 64.4 cm³/mol. The van der Waals surface area contributed by atoms with Gasteiger partial charge in [0.25, 0.3) is 0 Å². The SMILES string of the molecule is OCCC#Cc1ccccc1COC1COC1. The maximum Gasteiger partial charge on any atom is 0.105 e. The van der Waals surface area contributed by atoms with Gasteiger partial charge < -0.3 is 14.6 Å². The summed E-state index contributed by atoms with van der Waals surface area (Å²) in [4.78, 5) is 0. The molecule has 0 atom stereocenters. The third-order valence-electron chi connectivity index (χ3n) is 2.56. The molecule has 0 spiro atoms. The van der Waals surface area contributed by atoms with E-state index >= 15 is 0 Å². The zero-order valence-electron chi connectivity index (χ0n) is 9.69. The van der Waals surface area contributed by atoms with Crippen LogP contribution in [-0.2, 0) is 16.1 Å². The number of aliphatic hydroxyl groups excluding tert-OH is 1. The van der Waals surface area contributed by atoms with Crippen molar-refractivity contribution < 1.29 is 14.6 Å². The summed E-state index contributed by atoms with van der Waals surface area (Å²) in [7, 11) is 0. The molecule has 1 aliphatic heterocycles. The van der Waals surface area contributed by atoms with E-state index in [-0.39, 0.29) is 12.7 Å². The summed E-state index contributed by atoms with van der Waals surface area (Å²) in [6, 6.07) is 7.93. The Hall–Kier alpha value is -1.34. The van der Waals surface area contributed by atoms with E-state index in [2.05, 4.69) is 11.8 Å². The van der Waals surface area contributed by atoms with Crippen LogP contribution >= 0.6 is 0 Å². The molecule has 0 unspecified atom stereocenters. The van der Waals surface area contributed by atoms with E-state index in [0.29, 0.717) is 26.2 Å². The van der Waals surface area contributed by atoms with Gasteiger partial charge in [0.2, 0.25) is 0 Å². The first-order valence-corrected chi connectivity index (χ1v) is 5.77. The molecule has 1 N–H and O–H groups in total. The minimum Gasteiger partial charge on any atom is -0.395 e. The summed E-state index contributed by atoms with van der Waals surface area (Å²) in [5.74, 6) is 5.98. The van der Waals surface area contributed by atoms with Crippen LogP contribution in [0.25, 0.3) is 0 Å². The summed E-state index contributed by atoms with van der Waals surface area (Å²) < 4.78 is 10.7. The molecule has 0 amide bonds. The van der Waals surface area contributed by atoms with Gasteiger partial charge >= 0.3 is 0 Å². The Morgan fingerprint density at radius 3 is 2.88 bits per heavy atom. The Bertz CT molecular complexity index is 413. The minimum absolute atomic E-state index is 0.102. The van der Waals surface area contributed by atoms with Gasteiger partial charge in [0.15, 0.2) is 0 Å². The zero-order chi connectivity index (χ0) is 11.9. The van der Waals surface area contributed by atoms with Gasteiger partial charge in [-0.05, 0) is 11.6 Å². The van der Waals surface area contributed by atoms with Crippen molar-refractivity contribution in [2.24, 2.45) is 0 Å². The van der Waals surface area contributed by atoms with Crippen LogP contribution in [0.2, 0.25) is 0 Å². The third kappa shape index (κ3) is 3.57. The van der Waals surface area contributed by atoms with Crippen LogP contribution in [0.3, 0.4) is 0 Å². The molecule has 17 heavy (non-hydrogen) atoms. The molecule has 1 fully saturated rings. The molecule has 1 saturated heterocycles. The summed E-state index contributed by atoms with van der Waals surface area (Å²) in [5, 5.41) is 8.69. The lowest BCUT2D eigenvalue weighted by Gasteiger charge is -2.26. The van der Waals surface area contributed by atoms with E-state index in [4.69, 9.17) is 14.6 Å². The van der Waals surface area contributed by atoms with Crippen molar-refractivity contribution in [3.63, 3.8) is 0 Å². The van der Waals surface area contributed by atoms with Crippen molar-refractivity contribution in [3.05, 3.63) is 35.4 Å². The van der Waals surface area contributed by atoms with Gasteiger partial charge in [0.05, 0.1) is 26.4 Å². The van der Waals surface area contributed by atoms with Crippen LogP contribution in [0.15, 0.2) is 24.3 Å². The monoisotopic (exact) mass is 232 g/mol. The van der Waals surface area contributed by atoms with Crippen molar-refractivity contribution in [2.45, 2.75) is 19.1 Å². The average molecular weight is 232 g/mol. The summed E-state index contributed by atoms with van der Waals surface area (Å²) >= 11 is 0. The van der Waals surface area contributed by atoms with Crippen molar-refractivity contribution in [2.75, 3.05) is 19.8 Å². The molecular weight excluding hydrogens is 216 g/mol. The van der Waals surface area contributed by atoms with E-state index in [1.807, 2.05) is 24.3 Å². The maximum absolute atomic E-state index is 8.69. The molecule has 0 bridgehead atoms. The molecule has 1 aliphatic rings. The van der Waals surface area contributed by atoms with Crippen LogP contribution in [0.5, 0.6) is 0 Å². The van der Waals surface area contributed by atoms with Crippen molar-refractivity contribution in [1.29, 1.82) is 0 Å². The van der Waals surface area contributed by atoms with E-state index in [9.17, 15) is 0 Å². The van der Waals surface area contributed by atoms with Crippen LogP contribution in [0.4, 0.5) is 0 Å². The number of aliphatic hydroxyl groups is 1. The summed E-state index contributed by atoms with van der Waals surface area (Å²) in [6.45, 7) is 2.06. The molecule has 0 radical (unpaired) electrons. The summed E-state index contributed by atoms with van der Waals surface area (Å²) in [6.07, 6.45) is 0.736. The number of rotatable bonds is 4. The second kappa shape index (κ2) is 6.41. The molecule has 3 heteroatoms. The van der Waals surface area contributed by atoms with Crippen molar-refractivity contribution in [3.8, 4) is 11.8 Å². The molecule has 90 valence electrons. The van der Waals surface area contributed by atoms with Crippen LogP contribution < -0.4 is 0 Å². The topological polar surface area (TPSA) is 38.7 Å². The van der Waals surface area contributed by atoms with Gasteiger partial charge in [-0.15, -0.1) is 0 Å². The van der Waals surface area contributed by atoms with E-state index in [1.165, 1.54) is 0 Å². The Morgan fingerprint density at radius 2 is 2.18 bits per heavy atom. The van der Waals surface area contributed by atoms with Gasteiger partial charge in [-0.3, -0.25) is 0 Å². The lowest BCUT2D eigenvalue weighted by molar-refractivity contribution is -0.135. The highest BCUT2D eigenvalue weighted by Gasteiger charge is 2.18. The molecule has 3 nitrogen and oxygen atoms in total. The Kier molecular flexibility index (Phi) is 4.57. The third-order valence-corrected chi connectivity index (χ3v) is 2.56. The van der Waals surface area contributed by atoms with Crippen LogP contribution in [0, 0.1) is 11.8 Å². The molecule has 2 rings (SSSR count). The molecule has 1 heterocycles. The lowest BCUT2D eigenvalue weighted by Crippen LogP contribution is -2.35. The Morgan fingerprint density at radius 1 is 1.35 bits per heavy atom. The van der Waals surface area contributed by atoms with Gasteiger partial charge in [-0.1, -0.05) is 30.0 Å². The first kappa shape index (κ1) is 12.1. The second-order valence-electron chi connectivity index (χ2n) is 3.90. The predicted octanol–water partition coefficient (Wildman–Crippen LogP) is 1.34. The minimum atomic E-state index is 0.102. The largest absolute Gasteiger partial charge is 0.395 e. The molecule has 0 aliphatic carbocycles. The van der Waals surface area contributed by atoms with Crippen molar-refractivity contribution >= 4 is 0 Å². The highest BCUT2D eigenvalue weighted by Crippen LogP contribution is 2.13. The number of ether oxygens (including phenoxy) is 2. The van der Waals surface area contributed by atoms with E-state index in [0.717, 1.165) is 11.1 Å². The van der Waals surface area contributed by atoms with Gasteiger partial charge in [-0.2, -0.15) is 0 Å². The first-order valence-electron chi connectivity index (χ1n) is 5.77. The van der Waals surface area contributed by atoms with Crippen LogP contribution in [-0.4, -0.2) is 31.0 Å². The normalized spacial score (nSPS) is 14.9.